The zero-order valence-corrected chi connectivity index (χ0v) is 16.1. The highest BCUT2D eigenvalue weighted by atomic mass is 16.5. The molecule has 1 heterocycles. The van der Waals surface area contributed by atoms with Gasteiger partial charge in [0, 0.05) is 13.0 Å². The highest BCUT2D eigenvalue weighted by Gasteiger charge is 2.36. The summed E-state index contributed by atoms with van der Waals surface area (Å²) >= 11 is 0. The molecule has 3 N–H and O–H groups in total. The maximum atomic E-state index is 12.8. The number of nitrogens with two attached hydrogens (primary N) is 1. The predicted octanol–water partition coefficient (Wildman–Crippen LogP) is 1.94. The molecule has 1 aliphatic rings. The van der Waals surface area contributed by atoms with Crippen molar-refractivity contribution in [1.82, 2.24) is 0 Å². The van der Waals surface area contributed by atoms with E-state index in [1.807, 2.05) is 12.1 Å². The van der Waals surface area contributed by atoms with Crippen LogP contribution < -0.4 is 25.4 Å². The summed E-state index contributed by atoms with van der Waals surface area (Å²) < 4.78 is 10.9. The molecule has 1 saturated heterocycles. The van der Waals surface area contributed by atoms with Gasteiger partial charge in [-0.2, -0.15) is 0 Å². The van der Waals surface area contributed by atoms with Crippen molar-refractivity contribution in [3.63, 3.8) is 0 Å². The van der Waals surface area contributed by atoms with E-state index in [1.165, 1.54) is 0 Å². The second-order valence-corrected chi connectivity index (χ2v) is 6.63. The largest absolute Gasteiger partial charge is 0.495 e. The van der Waals surface area contributed by atoms with E-state index in [0.29, 0.717) is 22.9 Å². The van der Waals surface area contributed by atoms with E-state index >= 15 is 0 Å². The van der Waals surface area contributed by atoms with E-state index in [-0.39, 0.29) is 37.8 Å². The minimum Gasteiger partial charge on any atom is -0.495 e. The molecule has 0 aliphatic carbocycles. The van der Waals surface area contributed by atoms with Gasteiger partial charge in [-0.15, -0.1) is 0 Å². The van der Waals surface area contributed by atoms with Gasteiger partial charge < -0.3 is 25.4 Å². The fourth-order valence-electron chi connectivity index (χ4n) is 3.16. The Balaban J connectivity index is 1.68. The lowest BCUT2D eigenvalue weighted by Gasteiger charge is -2.19. The first-order valence-electron chi connectivity index (χ1n) is 9.24. The lowest BCUT2D eigenvalue weighted by atomic mass is 10.1. The molecule has 8 nitrogen and oxygen atoms in total. The van der Waals surface area contributed by atoms with Crippen LogP contribution in [0.4, 0.5) is 11.4 Å². The highest BCUT2D eigenvalue weighted by molar-refractivity contribution is 6.04. The number of nitrogens with one attached hydrogen (secondary N) is 1. The van der Waals surface area contributed by atoms with Crippen LogP contribution in [0.5, 0.6) is 11.5 Å². The van der Waals surface area contributed by atoms with Gasteiger partial charge in [0.1, 0.15) is 11.5 Å². The second-order valence-electron chi connectivity index (χ2n) is 6.63. The number of carbonyl (C=O) groups excluding carboxylic acids is 3. The van der Waals surface area contributed by atoms with Gasteiger partial charge in [0.2, 0.25) is 17.7 Å². The Morgan fingerprint density at radius 2 is 1.83 bits per heavy atom. The third-order valence-corrected chi connectivity index (χ3v) is 4.62. The number of rotatable bonds is 8. The molecule has 0 saturated carbocycles. The molecule has 0 radical (unpaired) electrons. The first-order valence-corrected chi connectivity index (χ1v) is 9.24. The van der Waals surface area contributed by atoms with Crippen LogP contribution in [0.3, 0.4) is 0 Å². The molecule has 29 heavy (non-hydrogen) atoms. The summed E-state index contributed by atoms with van der Waals surface area (Å²) in [5, 5.41) is 2.82. The van der Waals surface area contributed by atoms with Crippen LogP contribution >= 0.6 is 0 Å². The summed E-state index contributed by atoms with van der Waals surface area (Å²) in [5.74, 6) is -0.371. The lowest BCUT2D eigenvalue weighted by Crippen LogP contribution is -2.28. The van der Waals surface area contributed by atoms with Crippen molar-refractivity contribution in [2.45, 2.75) is 12.8 Å². The van der Waals surface area contributed by atoms with Crippen molar-refractivity contribution >= 4 is 29.1 Å². The van der Waals surface area contributed by atoms with Crippen LogP contribution in [0.15, 0.2) is 48.5 Å². The van der Waals surface area contributed by atoms with Gasteiger partial charge in [-0.25, -0.2) is 0 Å². The van der Waals surface area contributed by atoms with Gasteiger partial charge in [0.05, 0.1) is 37.4 Å². The topological polar surface area (TPSA) is 111 Å². The van der Waals surface area contributed by atoms with E-state index in [2.05, 4.69) is 5.32 Å². The average molecular weight is 397 g/mol. The first kappa shape index (κ1) is 20.2. The summed E-state index contributed by atoms with van der Waals surface area (Å²) in [6.07, 6.45) is 0.182. The monoisotopic (exact) mass is 397 g/mol. The zero-order chi connectivity index (χ0) is 20.8. The molecule has 8 heteroatoms. The Labute approximate surface area is 168 Å². The summed E-state index contributed by atoms with van der Waals surface area (Å²) in [4.78, 5) is 37.7. The molecule has 0 bridgehead atoms. The zero-order valence-electron chi connectivity index (χ0n) is 16.1. The van der Waals surface area contributed by atoms with Crippen molar-refractivity contribution in [3.8, 4) is 11.5 Å². The van der Waals surface area contributed by atoms with Gasteiger partial charge in [-0.1, -0.05) is 24.3 Å². The fourth-order valence-corrected chi connectivity index (χ4v) is 3.16. The standard InChI is InChI=1S/C21H23N3O5/c1-28-18-9-5-3-7-16(18)24-13-14(12-20(24)26)21(27)23-15-6-2-4-8-17(15)29-11-10-19(22)25/h2-9,14H,10-13H2,1H3,(H2,22,25)(H,23,27). The molecule has 3 rings (SSSR count). The molecule has 2 aromatic carbocycles. The van der Waals surface area contributed by atoms with E-state index < -0.39 is 11.8 Å². The SMILES string of the molecule is COc1ccccc1N1CC(C(=O)Nc2ccccc2OCCC(N)=O)CC1=O. The quantitative estimate of drug-likeness (QED) is 0.707. The van der Waals surface area contributed by atoms with Crippen LogP contribution in [0, 0.1) is 5.92 Å². The van der Waals surface area contributed by atoms with E-state index in [1.54, 1.807) is 48.4 Å². The van der Waals surface area contributed by atoms with E-state index in [4.69, 9.17) is 15.2 Å². The van der Waals surface area contributed by atoms with Gasteiger partial charge in [0.15, 0.2) is 0 Å². The van der Waals surface area contributed by atoms with E-state index in [9.17, 15) is 14.4 Å². The molecule has 0 aromatic heterocycles. The van der Waals surface area contributed by atoms with Crippen molar-refractivity contribution in [3.05, 3.63) is 48.5 Å². The maximum absolute atomic E-state index is 12.8. The van der Waals surface area contributed by atoms with Crippen LogP contribution in [0.2, 0.25) is 0 Å². The Kier molecular flexibility index (Phi) is 6.33. The van der Waals surface area contributed by atoms with Crippen molar-refractivity contribution in [2.24, 2.45) is 11.7 Å². The van der Waals surface area contributed by atoms with Crippen LogP contribution in [0.25, 0.3) is 0 Å². The van der Waals surface area contributed by atoms with E-state index in [0.717, 1.165) is 0 Å². The highest BCUT2D eigenvalue weighted by Crippen LogP contribution is 2.33. The number of nitrogens with zero attached hydrogens (tertiary/aromatic N) is 1. The molecule has 0 spiro atoms. The Morgan fingerprint density at radius 1 is 1.14 bits per heavy atom. The number of hydrogen-bond donors (Lipinski definition) is 2. The number of hydrogen-bond acceptors (Lipinski definition) is 5. The van der Waals surface area contributed by atoms with Gasteiger partial charge in [-0.05, 0) is 24.3 Å². The second kappa shape index (κ2) is 9.09. The number of methoxy groups -OCH3 is 1. The molecule has 2 aromatic rings. The third kappa shape index (κ3) is 4.84. The Hall–Kier alpha value is -3.55. The fraction of sp³-hybridized carbons (Fsp3) is 0.286. The summed E-state index contributed by atoms with van der Waals surface area (Å²) in [6.45, 7) is 0.376. The minimum atomic E-state index is -0.508. The molecular formula is C21H23N3O5. The van der Waals surface area contributed by atoms with Crippen LogP contribution in [-0.2, 0) is 14.4 Å². The molecule has 1 atom stereocenters. The third-order valence-electron chi connectivity index (χ3n) is 4.62. The Morgan fingerprint density at radius 3 is 2.55 bits per heavy atom. The van der Waals surface area contributed by atoms with Gasteiger partial charge in [-0.3, -0.25) is 14.4 Å². The van der Waals surface area contributed by atoms with Crippen LogP contribution in [0.1, 0.15) is 12.8 Å². The van der Waals surface area contributed by atoms with Crippen molar-refractivity contribution in [1.29, 1.82) is 0 Å². The van der Waals surface area contributed by atoms with Crippen molar-refractivity contribution in [2.75, 3.05) is 30.5 Å². The van der Waals surface area contributed by atoms with Crippen LogP contribution in [-0.4, -0.2) is 38.0 Å². The number of ether oxygens (including phenoxy) is 2. The molecule has 1 unspecified atom stereocenters. The predicted molar refractivity (Wildman–Crippen MR) is 108 cm³/mol. The normalized spacial score (nSPS) is 15.8. The number of amides is 3. The summed E-state index contributed by atoms with van der Waals surface area (Å²) in [7, 11) is 1.54. The molecule has 1 fully saturated rings. The number of para-hydroxylation sites is 4. The number of carbonyl (C=O) groups is 3. The Bertz CT molecular complexity index is 915. The van der Waals surface area contributed by atoms with Crippen molar-refractivity contribution < 1.29 is 23.9 Å². The smallest absolute Gasteiger partial charge is 0.229 e. The number of benzene rings is 2. The average Bonchev–Trinajstić information content (AvgIpc) is 3.10. The minimum absolute atomic E-state index is 0.0767. The summed E-state index contributed by atoms with van der Waals surface area (Å²) in [6, 6.07) is 14.1. The number of anilines is 2. The van der Waals surface area contributed by atoms with Gasteiger partial charge in [0.25, 0.3) is 0 Å². The van der Waals surface area contributed by atoms with Gasteiger partial charge >= 0.3 is 0 Å². The maximum Gasteiger partial charge on any atom is 0.229 e. The molecular weight excluding hydrogens is 374 g/mol. The molecule has 152 valence electrons. The molecule has 1 aliphatic heterocycles. The molecule has 3 amide bonds. The first-order chi connectivity index (χ1) is 14.0. The summed E-state index contributed by atoms with van der Waals surface area (Å²) in [5.41, 5.74) is 6.24. The number of primary amides is 1. The lowest BCUT2D eigenvalue weighted by molar-refractivity contribution is -0.122.